The Balaban J connectivity index is 0. The highest BCUT2D eigenvalue weighted by Gasteiger charge is 2.25. The molecule has 0 bridgehead atoms. The number of halogens is 2. The molecular weight excluding hydrogens is 484 g/mol. The predicted octanol–water partition coefficient (Wildman–Crippen LogP) is 7.71. The van der Waals surface area contributed by atoms with Gasteiger partial charge >= 0.3 is 5.97 Å². The minimum absolute atomic E-state index is 0.181. The van der Waals surface area contributed by atoms with E-state index in [0.717, 1.165) is 31.3 Å². The molecule has 0 aromatic rings. The minimum Gasteiger partial charge on any atom is -0.465 e. The van der Waals surface area contributed by atoms with E-state index in [4.69, 9.17) is 4.74 Å². The van der Waals surface area contributed by atoms with Crippen LogP contribution < -0.4 is 0 Å². The Kier molecular flexibility index (Phi) is 16.4. The summed E-state index contributed by atoms with van der Waals surface area (Å²) in [7, 11) is 0. The highest BCUT2D eigenvalue weighted by Crippen LogP contribution is 2.20. The Morgan fingerprint density at radius 1 is 0.750 bits per heavy atom. The van der Waals surface area contributed by atoms with Gasteiger partial charge in [0, 0.05) is 6.42 Å². The third-order valence-corrected chi connectivity index (χ3v) is 4.67. The average molecular weight is 524 g/mol. The lowest BCUT2D eigenvalue weighted by Crippen LogP contribution is -2.26. The largest absolute Gasteiger partial charge is 0.465 e. The van der Waals surface area contributed by atoms with Crippen LogP contribution in [0.5, 0.6) is 0 Å². The number of alkyl halides is 2. The minimum atomic E-state index is -0.561. The van der Waals surface area contributed by atoms with E-state index in [0.29, 0.717) is 13.0 Å². The highest BCUT2D eigenvalue weighted by atomic mass is 79.9. The number of ether oxygens (including phenoxy) is 1. The summed E-state index contributed by atoms with van der Waals surface area (Å²) in [4.78, 5) is 22.7. The smallest absolute Gasteiger partial charge is 0.322 e. The summed E-state index contributed by atoms with van der Waals surface area (Å²) >= 11 is 6.59. The molecule has 0 aliphatic rings. The SMILES string of the molecule is C=C(C)CCC(=O)C(C)(C)Br.C=C(C)CCCCCCCOC(=O)C(C)(C)Br. The van der Waals surface area contributed by atoms with Crippen molar-refractivity contribution in [1.82, 2.24) is 0 Å². The van der Waals surface area contributed by atoms with Crippen LogP contribution in [-0.4, -0.2) is 27.0 Å². The molecule has 0 aromatic carbocycles. The molecule has 0 radical (unpaired) electrons. The van der Waals surface area contributed by atoms with E-state index in [1.54, 1.807) is 13.8 Å². The third kappa shape index (κ3) is 20.3. The number of hydrogen-bond acceptors (Lipinski definition) is 3. The quantitative estimate of drug-likeness (QED) is 0.107. The van der Waals surface area contributed by atoms with Crippen LogP contribution >= 0.6 is 31.9 Å². The molecule has 0 aliphatic carbocycles. The normalized spacial score (nSPS) is 11.3. The average Bonchev–Trinajstić information content (AvgIpc) is 2.53. The summed E-state index contributed by atoms with van der Waals surface area (Å²) < 4.78 is 4.22. The number of carbonyl (C=O) groups excluding carboxylic acids is 2. The first-order chi connectivity index (χ1) is 12.7. The fourth-order valence-electron chi connectivity index (χ4n) is 2.02. The monoisotopic (exact) mass is 522 g/mol. The second-order valence-corrected chi connectivity index (χ2v) is 12.4. The summed E-state index contributed by atoms with van der Waals surface area (Å²) in [5.74, 6) is 0.0558. The standard InChI is InChI=1S/C14H25BrO2.C9H15BrO/c1-12(2)10-8-6-5-7-9-11-17-13(16)14(3,4)15;1-7(2)5-6-8(11)9(3,4)10/h1,5-11H2,2-4H3;1,5-6H2,2-4H3. The summed E-state index contributed by atoms with van der Waals surface area (Å²) in [5.41, 5.74) is 2.33. The van der Waals surface area contributed by atoms with Crippen LogP contribution in [-0.2, 0) is 14.3 Å². The first-order valence-electron chi connectivity index (χ1n) is 10.0. The van der Waals surface area contributed by atoms with E-state index in [2.05, 4.69) is 51.9 Å². The molecule has 0 heterocycles. The molecule has 164 valence electrons. The zero-order valence-electron chi connectivity index (χ0n) is 18.8. The Bertz CT molecular complexity index is 497. The number of unbranched alkanes of at least 4 members (excludes halogenated alkanes) is 4. The van der Waals surface area contributed by atoms with Gasteiger partial charge in [-0.1, -0.05) is 62.3 Å². The second-order valence-electron chi connectivity index (χ2n) is 8.44. The van der Waals surface area contributed by atoms with Gasteiger partial charge in [-0.2, -0.15) is 0 Å². The number of hydrogen-bond donors (Lipinski definition) is 0. The Labute approximate surface area is 190 Å². The van der Waals surface area contributed by atoms with Gasteiger partial charge in [-0.15, -0.1) is 13.2 Å². The Morgan fingerprint density at radius 2 is 1.21 bits per heavy atom. The maximum Gasteiger partial charge on any atom is 0.322 e. The summed E-state index contributed by atoms with van der Waals surface area (Å²) in [5, 5.41) is 0. The number of rotatable bonds is 13. The molecule has 3 nitrogen and oxygen atoms in total. The highest BCUT2D eigenvalue weighted by molar-refractivity contribution is 9.10. The first-order valence-corrected chi connectivity index (χ1v) is 11.6. The maximum atomic E-state index is 11.4. The molecule has 0 atom stereocenters. The fraction of sp³-hybridized carbons (Fsp3) is 0.739. The lowest BCUT2D eigenvalue weighted by Gasteiger charge is -2.14. The van der Waals surface area contributed by atoms with E-state index in [9.17, 15) is 9.59 Å². The van der Waals surface area contributed by atoms with Crippen LogP contribution in [0.3, 0.4) is 0 Å². The van der Waals surface area contributed by atoms with Crippen LogP contribution in [0.25, 0.3) is 0 Å². The van der Waals surface area contributed by atoms with Crippen molar-refractivity contribution in [2.24, 2.45) is 0 Å². The Morgan fingerprint density at radius 3 is 1.64 bits per heavy atom. The van der Waals surface area contributed by atoms with Crippen LogP contribution in [0.15, 0.2) is 24.3 Å². The molecular formula is C23H40Br2O3. The van der Waals surface area contributed by atoms with Crippen molar-refractivity contribution in [3.8, 4) is 0 Å². The van der Waals surface area contributed by atoms with Gasteiger partial charge in [-0.3, -0.25) is 9.59 Å². The predicted molar refractivity (Wildman–Crippen MR) is 129 cm³/mol. The number of esters is 1. The van der Waals surface area contributed by atoms with E-state index in [-0.39, 0.29) is 16.1 Å². The topological polar surface area (TPSA) is 43.4 Å². The number of Topliss-reactive ketones (excluding diaryl/α,β-unsaturated/α-hetero) is 1. The van der Waals surface area contributed by atoms with Gasteiger partial charge in [0.2, 0.25) is 0 Å². The van der Waals surface area contributed by atoms with Crippen molar-refractivity contribution >= 4 is 43.6 Å². The molecule has 0 aliphatic heterocycles. The molecule has 0 aromatic heterocycles. The van der Waals surface area contributed by atoms with Crippen molar-refractivity contribution in [2.75, 3.05) is 6.61 Å². The van der Waals surface area contributed by atoms with Crippen molar-refractivity contribution < 1.29 is 14.3 Å². The number of ketones is 1. The third-order valence-electron chi connectivity index (χ3n) is 3.91. The summed E-state index contributed by atoms with van der Waals surface area (Å²) in [6.45, 7) is 19.5. The molecule has 0 fully saturated rings. The van der Waals surface area contributed by atoms with Gasteiger partial charge in [0.1, 0.15) is 10.1 Å². The van der Waals surface area contributed by atoms with Crippen LogP contribution in [0.4, 0.5) is 0 Å². The van der Waals surface area contributed by atoms with Gasteiger partial charge in [0.05, 0.1) is 10.9 Å². The van der Waals surface area contributed by atoms with Crippen molar-refractivity contribution in [1.29, 1.82) is 0 Å². The molecule has 0 saturated heterocycles. The van der Waals surface area contributed by atoms with Crippen molar-refractivity contribution in [3.05, 3.63) is 24.3 Å². The molecule has 0 saturated carbocycles. The van der Waals surface area contributed by atoms with E-state index < -0.39 is 4.32 Å². The molecule has 0 amide bonds. The van der Waals surface area contributed by atoms with Crippen molar-refractivity contribution in [2.45, 2.75) is 102 Å². The van der Waals surface area contributed by atoms with Gasteiger partial charge < -0.3 is 4.74 Å². The van der Waals surface area contributed by atoms with Crippen LogP contribution in [0.1, 0.15) is 92.9 Å². The van der Waals surface area contributed by atoms with E-state index in [1.165, 1.54) is 24.8 Å². The van der Waals surface area contributed by atoms with Crippen molar-refractivity contribution in [3.63, 3.8) is 0 Å². The molecule has 0 spiro atoms. The molecule has 0 unspecified atom stereocenters. The van der Waals surface area contributed by atoms with Gasteiger partial charge in [-0.05, 0) is 67.2 Å². The molecule has 0 N–H and O–H groups in total. The molecule has 28 heavy (non-hydrogen) atoms. The number of carbonyl (C=O) groups is 2. The molecule has 0 rings (SSSR count). The van der Waals surface area contributed by atoms with Gasteiger partial charge in [0.25, 0.3) is 0 Å². The second kappa shape index (κ2) is 15.4. The Hall–Kier alpha value is -0.420. The number of allylic oxidation sites excluding steroid dienone is 2. The van der Waals surface area contributed by atoms with Crippen LogP contribution in [0.2, 0.25) is 0 Å². The lowest BCUT2D eigenvalue weighted by atomic mass is 10.0. The summed E-state index contributed by atoms with van der Waals surface area (Å²) in [6.07, 6.45) is 8.29. The van der Waals surface area contributed by atoms with Crippen LogP contribution in [0, 0.1) is 0 Å². The first kappa shape index (κ1) is 29.8. The van der Waals surface area contributed by atoms with E-state index in [1.807, 2.05) is 20.8 Å². The zero-order valence-corrected chi connectivity index (χ0v) is 21.9. The maximum absolute atomic E-state index is 11.4. The lowest BCUT2D eigenvalue weighted by molar-refractivity contribution is -0.145. The van der Waals surface area contributed by atoms with Gasteiger partial charge in [0.15, 0.2) is 0 Å². The van der Waals surface area contributed by atoms with E-state index >= 15 is 0 Å². The fourth-order valence-corrected chi connectivity index (χ4v) is 2.33. The molecule has 5 heteroatoms. The summed E-state index contributed by atoms with van der Waals surface area (Å²) in [6, 6.07) is 0. The zero-order chi connectivity index (χ0) is 22.4. The van der Waals surface area contributed by atoms with Gasteiger partial charge in [-0.25, -0.2) is 0 Å².